The zero-order chi connectivity index (χ0) is 19.4. The molecule has 0 saturated carbocycles. The zero-order valence-electron chi connectivity index (χ0n) is 15.7. The summed E-state index contributed by atoms with van der Waals surface area (Å²) in [6.07, 6.45) is 4.33. The van der Waals surface area contributed by atoms with Crippen LogP contribution >= 0.6 is 0 Å². The van der Waals surface area contributed by atoms with Gasteiger partial charge in [-0.05, 0) is 31.5 Å². The first kappa shape index (κ1) is 18.6. The molecule has 0 atom stereocenters. The second kappa shape index (κ2) is 7.99. The van der Waals surface area contributed by atoms with Crippen LogP contribution in [0.5, 0.6) is 0 Å². The number of rotatable bonds is 6. The molecule has 7 nitrogen and oxygen atoms in total. The molecule has 1 aromatic carbocycles. The van der Waals surface area contributed by atoms with E-state index >= 15 is 0 Å². The Morgan fingerprint density at radius 2 is 1.96 bits per heavy atom. The molecular formula is C20H23N5O2. The van der Waals surface area contributed by atoms with Crippen LogP contribution in [0.2, 0.25) is 0 Å². The third-order valence-electron chi connectivity index (χ3n) is 4.47. The number of aromatic nitrogens is 4. The molecule has 3 aromatic rings. The van der Waals surface area contributed by atoms with Gasteiger partial charge in [0.25, 0.3) is 5.56 Å². The smallest absolute Gasteiger partial charge is 0.254 e. The standard InChI is InChI=1S/C20H23N5O2/c1-4-18-23-13(2)17(20(27)24-18)11-19(26)22-12-15-5-7-16(8-6-15)25-10-9-21-14(25)3/h5-10H,4,11-12H2,1-3H3,(H,22,26)(H,23,24,27). The van der Waals surface area contributed by atoms with Crippen LogP contribution in [0.1, 0.15) is 35.4 Å². The normalized spacial score (nSPS) is 10.8. The van der Waals surface area contributed by atoms with Gasteiger partial charge >= 0.3 is 0 Å². The minimum atomic E-state index is -0.241. The monoisotopic (exact) mass is 365 g/mol. The van der Waals surface area contributed by atoms with Gasteiger partial charge in [-0.25, -0.2) is 9.97 Å². The molecule has 27 heavy (non-hydrogen) atoms. The van der Waals surface area contributed by atoms with Gasteiger partial charge in [-0.3, -0.25) is 9.59 Å². The Bertz CT molecular complexity index is 1000. The second-order valence-electron chi connectivity index (χ2n) is 6.39. The number of nitrogens with zero attached hydrogens (tertiary/aromatic N) is 3. The number of hydrogen-bond donors (Lipinski definition) is 2. The number of carbonyl (C=O) groups excluding carboxylic acids is 1. The highest BCUT2D eigenvalue weighted by molar-refractivity contribution is 5.78. The van der Waals surface area contributed by atoms with Gasteiger partial charge in [0.15, 0.2) is 0 Å². The van der Waals surface area contributed by atoms with E-state index in [1.807, 2.05) is 48.9 Å². The molecule has 0 saturated heterocycles. The van der Waals surface area contributed by atoms with Crippen LogP contribution in [0.25, 0.3) is 5.69 Å². The number of benzene rings is 1. The Hall–Kier alpha value is -3.22. The maximum Gasteiger partial charge on any atom is 0.254 e. The molecule has 1 amide bonds. The molecule has 0 spiro atoms. The summed E-state index contributed by atoms with van der Waals surface area (Å²) in [4.78, 5) is 35.6. The number of H-pyrrole nitrogens is 1. The van der Waals surface area contributed by atoms with Crippen molar-refractivity contribution >= 4 is 5.91 Å². The summed E-state index contributed by atoms with van der Waals surface area (Å²) in [5.74, 6) is 1.35. The van der Waals surface area contributed by atoms with Crippen molar-refractivity contribution in [3.63, 3.8) is 0 Å². The zero-order valence-corrected chi connectivity index (χ0v) is 15.7. The van der Waals surface area contributed by atoms with E-state index in [9.17, 15) is 9.59 Å². The summed E-state index contributed by atoms with van der Waals surface area (Å²) in [6.45, 7) is 6.02. The first-order chi connectivity index (χ1) is 13.0. The Morgan fingerprint density at radius 3 is 2.56 bits per heavy atom. The van der Waals surface area contributed by atoms with Gasteiger partial charge in [-0.15, -0.1) is 0 Å². The van der Waals surface area contributed by atoms with Gasteiger partial charge in [-0.2, -0.15) is 0 Å². The average Bonchev–Trinajstić information content (AvgIpc) is 3.09. The molecule has 2 aromatic heterocycles. The molecule has 0 bridgehead atoms. The number of aryl methyl sites for hydroxylation is 3. The molecule has 3 rings (SSSR count). The van der Waals surface area contributed by atoms with Crippen molar-refractivity contribution in [1.29, 1.82) is 0 Å². The molecule has 0 aliphatic heterocycles. The van der Waals surface area contributed by atoms with Crippen LogP contribution in [0, 0.1) is 13.8 Å². The fraction of sp³-hybridized carbons (Fsp3) is 0.300. The molecule has 140 valence electrons. The van der Waals surface area contributed by atoms with Crippen LogP contribution in [0.4, 0.5) is 0 Å². The van der Waals surface area contributed by atoms with Gasteiger partial charge < -0.3 is 14.9 Å². The van der Waals surface area contributed by atoms with Gasteiger partial charge in [0.2, 0.25) is 5.91 Å². The summed E-state index contributed by atoms with van der Waals surface area (Å²) in [5.41, 5.74) is 2.77. The predicted octanol–water partition coefficient (Wildman–Crippen LogP) is 1.99. The summed E-state index contributed by atoms with van der Waals surface area (Å²) in [7, 11) is 0. The number of nitrogens with one attached hydrogen (secondary N) is 2. The van der Waals surface area contributed by atoms with Crippen molar-refractivity contribution in [2.24, 2.45) is 0 Å². The van der Waals surface area contributed by atoms with E-state index in [-0.39, 0.29) is 17.9 Å². The van der Waals surface area contributed by atoms with E-state index in [0.717, 1.165) is 17.1 Å². The minimum Gasteiger partial charge on any atom is -0.352 e. The largest absolute Gasteiger partial charge is 0.352 e. The van der Waals surface area contributed by atoms with Crippen molar-refractivity contribution in [2.45, 2.75) is 40.2 Å². The number of aromatic amines is 1. The molecule has 7 heteroatoms. The lowest BCUT2D eigenvalue weighted by molar-refractivity contribution is -0.120. The first-order valence-corrected chi connectivity index (χ1v) is 8.92. The quantitative estimate of drug-likeness (QED) is 0.699. The van der Waals surface area contributed by atoms with E-state index in [1.54, 1.807) is 13.1 Å². The Kier molecular flexibility index (Phi) is 5.49. The maximum atomic E-state index is 12.2. The molecule has 2 heterocycles. The molecule has 0 radical (unpaired) electrons. The van der Waals surface area contributed by atoms with Crippen LogP contribution < -0.4 is 10.9 Å². The Morgan fingerprint density at radius 1 is 1.22 bits per heavy atom. The fourth-order valence-electron chi connectivity index (χ4n) is 2.89. The highest BCUT2D eigenvalue weighted by Gasteiger charge is 2.12. The van der Waals surface area contributed by atoms with Crippen molar-refractivity contribution in [3.8, 4) is 5.69 Å². The molecule has 0 aliphatic rings. The Balaban J connectivity index is 1.61. The minimum absolute atomic E-state index is 0.0183. The molecule has 2 N–H and O–H groups in total. The van der Waals surface area contributed by atoms with Gasteiger partial charge in [-0.1, -0.05) is 19.1 Å². The van der Waals surface area contributed by atoms with E-state index < -0.39 is 0 Å². The highest BCUT2D eigenvalue weighted by atomic mass is 16.2. The Labute approximate surface area is 157 Å². The van der Waals surface area contributed by atoms with Crippen molar-refractivity contribution in [3.05, 3.63) is 75.5 Å². The summed E-state index contributed by atoms with van der Waals surface area (Å²) in [5, 5.41) is 2.86. The second-order valence-corrected chi connectivity index (χ2v) is 6.39. The van der Waals surface area contributed by atoms with E-state index in [2.05, 4.69) is 20.3 Å². The van der Waals surface area contributed by atoms with Crippen LogP contribution in [0.3, 0.4) is 0 Å². The maximum absolute atomic E-state index is 12.2. The third kappa shape index (κ3) is 4.31. The van der Waals surface area contributed by atoms with Crippen LogP contribution in [-0.4, -0.2) is 25.4 Å². The van der Waals surface area contributed by atoms with Crippen molar-refractivity contribution in [2.75, 3.05) is 0 Å². The predicted molar refractivity (Wildman–Crippen MR) is 103 cm³/mol. The molecular weight excluding hydrogens is 342 g/mol. The summed E-state index contributed by atoms with van der Waals surface area (Å²) < 4.78 is 1.99. The van der Waals surface area contributed by atoms with E-state index in [4.69, 9.17) is 0 Å². The van der Waals surface area contributed by atoms with E-state index in [0.29, 0.717) is 30.0 Å². The van der Waals surface area contributed by atoms with Gasteiger partial charge in [0.05, 0.1) is 6.42 Å². The summed E-state index contributed by atoms with van der Waals surface area (Å²) in [6, 6.07) is 7.90. The molecule has 0 unspecified atom stereocenters. The van der Waals surface area contributed by atoms with Crippen LogP contribution in [-0.2, 0) is 24.2 Å². The highest BCUT2D eigenvalue weighted by Crippen LogP contribution is 2.11. The van der Waals surface area contributed by atoms with Gasteiger partial charge in [0, 0.05) is 42.3 Å². The number of hydrogen-bond acceptors (Lipinski definition) is 4. The first-order valence-electron chi connectivity index (χ1n) is 8.92. The van der Waals surface area contributed by atoms with E-state index in [1.165, 1.54) is 0 Å². The number of imidazole rings is 1. The average molecular weight is 365 g/mol. The van der Waals surface area contributed by atoms with Crippen molar-refractivity contribution in [1.82, 2.24) is 24.8 Å². The van der Waals surface area contributed by atoms with Gasteiger partial charge in [0.1, 0.15) is 11.6 Å². The fourth-order valence-corrected chi connectivity index (χ4v) is 2.89. The topological polar surface area (TPSA) is 92.7 Å². The lowest BCUT2D eigenvalue weighted by Crippen LogP contribution is -2.29. The lowest BCUT2D eigenvalue weighted by atomic mass is 10.1. The third-order valence-corrected chi connectivity index (χ3v) is 4.47. The van der Waals surface area contributed by atoms with Crippen LogP contribution in [0.15, 0.2) is 41.5 Å². The number of amides is 1. The SMILES string of the molecule is CCc1nc(C)c(CC(=O)NCc2ccc(-n3ccnc3C)cc2)c(=O)[nH]1. The molecule has 0 aliphatic carbocycles. The van der Waals surface area contributed by atoms with Crippen molar-refractivity contribution < 1.29 is 4.79 Å². The summed E-state index contributed by atoms with van der Waals surface area (Å²) >= 11 is 0. The molecule has 0 fully saturated rings. The lowest BCUT2D eigenvalue weighted by Gasteiger charge is -2.09. The number of carbonyl (C=O) groups is 1.